The molecule has 1 radical (unpaired) electrons. The molecule has 4 aromatic carbocycles. The van der Waals surface area contributed by atoms with Crippen molar-refractivity contribution in [1.29, 1.82) is 0 Å². The Kier molecular flexibility index (Phi) is 7.69. The molecule has 0 spiro atoms. The van der Waals surface area contributed by atoms with Crippen molar-refractivity contribution in [2.24, 2.45) is 0 Å². The van der Waals surface area contributed by atoms with Gasteiger partial charge in [-0.3, -0.25) is 4.98 Å². The van der Waals surface area contributed by atoms with Crippen LogP contribution in [0.2, 0.25) is 0 Å². The van der Waals surface area contributed by atoms with Crippen LogP contribution < -0.4 is 0 Å². The van der Waals surface area contributed by atoms with Crippen LogP contribution in [0.15, 0.2) is 72.9 Å². The van der Waals surface area contributed by atoms with Crippen LogP contribution in [-0.2, 0) is 20.1 Å². The first kappa shape index (κ1) is 26.8. The molecule has 1 heterocycles. The van der Waals surface area contributed by atoms with Crippen molar-refractivity contribution in [3.8, 4) is 39.5 Å². The second-order valence-electron chi connectivity index (χ2n) is 10.0. The van der Waals surface area contributed by atoms with Crippen LogP contribution in [0.3, 0.4) is 0 Å². The molecule has 0 N–H and O–H groups in total. The zero-order chi connectivity index (χ0) is 25.6. The van der Waals surface area contributed by atoms with Gasteiger partial charge in [-0.25, -0.2) is 0 Å². The van der Waals surface area contributed by atoms with Crippen LogP contribution in [0.5, 0.6) is 0 Å². The minimum atomic E-state index is 0. The van der Waals surface area contributed by atoms with Crippen molar-refractivity contribution in [1.82, 2.24) is 9.55 Å². The fraction of sp³-hybridized carbons (Fsp3) is 0.206. The van der Waals surface area contributed by atoms with E-state index in [1.165, 1.54) is 61.3 Å². The van der Waals surface area contributed by atoms with Gasteiger partial charge in [-0.2, -0.15) is 0 Å². The quantitative estimate of drug-likeness (QED) is 0.176. The first-order valence-corrected chi connectivity index (χ1v) is 12.6. The predicted octanol–water partition coefficient (Wildman–Crippen LogP) is 8.83. The number of hydrogen-bond acceptors (Lipinski definition) is 1. The topological polar surface area (TPSA) is 17.8 Å². The van der Waals surface area contributed by atoms with Gasteiger partial charge in [0.2, 0.25) is 0 Å². The van der Waals surface area contributed by atoms with E-state index in [2.05, 4.69) is 132 Å². The van der Waals surface area contributed by atoms with E-state index in [0.29, 0.717) is 0 Å². The van der Waals surface area contributed by atoms with Crippen LogP contribution in [0, 0.1) is 54.5 Å². The fourth-order valence-corrected chi connectivity index (χ4v) is 5.47. The fourth-order valence-electron chi connectivity index (χ4n) is 5.47. The molecule has 0 fully saturated rings. The van der Waals surface area contributed by atoms with Crippen molar-refractivity contribution >= 4 is 0 Å². The maximum atomic E-state index is 5.27. The third kappa shape index (κ3) is 4.87. The summed E-state index contributed by atoms with van der Waals surface area (Å²) < 4.78 is 2.27. The summed E-state index contributed by atoms with van der Waals surface area (Å²) in [5.74, 6) is 0.914. The molecule has 0 saturated carbocycles. The molecular formula is C34H33IrN2-. The Bertz CT molecular complexity index is 1550. The summed E-state index contributed by atoms with van der Waals surface area (Å²) in [6, 6.07) is 27.4. The Balaban J connectivity index is 0.00000320. The largest absolute Gasteiger partial charge is 0.339 e. The minimum Gasteiger partial charge on any atom is -0.339 e. The number of nitrogens with zero attached hydrogens (tertiary/aromatic N) is 2. The van der Waals surface area contributed by atoms with Gasteiger partial charge in [0.1, 0.15) is 0 Å². The zero-order valence-corrected chi connectivity index (χ0v) is 25.1. The van der Waals surface area contributed by atoms with Crippen LogP contribution in [0.1, 0.15) is 38.9 Å². The van der Waals surface area contributed by atoms with Crippen molar-refractivity contribution in [3.63, 3.8) is 0 Å². The second-order valence-corrected chi connectivity index (χ2v) is 10.0. The molecule has 0 bridgehead atoms. The number of para-hydroxylation sites is 1. The first-order valence-electron chi connectivity index (χ1n) is 12.6. The van der Waals surface area contributed by atoms with Crippen molar-refractivity contribution in [2.45, 2.75) is 48.5 Å². The third-order valence-corrected chi connectivity index (χ3v) is 7.27. The normalized spacial score (nSPS) is 10.9. The summed E-state index contributed by atoms with van der Waals surface area (Å²) in [4.78, 5) is 5.27. The van der Waals surface area contributed by atoms with Gasteiger partial charge in [-0.15, -0.1) is 29.3 Å². The van der Waals surface area contributed by atoms with Crippen LogP contribution >= 0.6 is 0 Å². The van der Waals surface area contributed by atoms with E-state index in [1.807, 2.05) is 0 Å². The molecule has 3 heteroatoms. The van der Waals surface area contributed by atoms with E-state index in [-0.39, 0.29) is 20.1 Å². The van der Waals surface area contributed by atoms with Crippen LogP contribution in [0.4, 0.5) is 0 Å². The van der Waals surface area contributed by atoms with E-state index >= 15 is 0 Å². The molecule has 5 aromatic rings. The van der Waals surface area contributed by atoms with Crippen molar-refractivity contribution < 1.29 is 20.1 Å². The second kappa shape index (κ2) is 10.6. The van der Waals surface area contributed by atoms with Gasteiger partial charge < -0.3 is 4.57 Å². The summed E-state index contributed by atoms with van der Waals surface area (Å²) in [6.45, 7) is 15.2. The summed E-state index contributed by atoms with van der Waals surface area (Å²) in [5, 5.41) is 0. The smallest absolute Gasteiger partial charge is 0.0777 e. The number of aromatic nitrogens is 2. The van der Waals surface area contributed by atoms with Gasteiger partial charge in [0, 0.05) is 37.6 Å². The summed E-state index contributed by atoms with van der Waals surface area (Å²) in [5.41, 5.74) is 15.6. The third-order valence-electron chi connectivity index (χ3n) is 7.27. The van der Waals surface area contributed by atoms with Crippen molar-refractivity contribution in [2.75, 3.05) is 0 Å². The van der Waals surface area contributed by atoms with E-state index in [0.717, 1.165) is 17.1 Å². The van der Waals surface area contributed by atoms with Gasteiger partial charge in [-0.05, 0) is 80.5 Å². The van der Waals surface area contributed by atoms with Crippen LogP contribution in [-0.4, -0.2) is 9.55 Å². The maximum absolute atomic E-state index is 5.27. The summed E-state index contributed by atoms with van der Waals surface area (Å²) in [7, 11) is 0. The standard InChI is InChI=1S/C34H33N2.Ir/c1-21-17-18-28(19-29(21)31-22(2)11-8-12-23(31)3)34-35-30(32-24(4)13-9-14-25(32)5)20-36(34)33-26(6)15-10-16-27(33)7;/h8-17,19-20H,1-7H3;/q-1;. The van der Waals surface area contributed by atoms with E-state index in [1.54, 1.807) is 0 Å². The minimum absolute atomic E-state index is 0. The summed E-state index contributed by atoms with van der Waals surface area (Å²) >= 11 is 0. The molecule has 37 heavy (non-hydrogen) atoms. The van der Waals surface area contributed by atoms with E-state index in [4.69, 9.17) is 4.98 Å². The van der Waals surface area contributed by atoms with Gasteiger partial charge in [0.05, 0.1) is 11.5 Å². The number of hydrogen-bond donors (Lipinski definition) is 0. The van der Waals surface area contributed by atoms with Gasteiger partial charge in [-0.1, -0.05) is 67.1 Å². The van der Waals surface area contributed by atoms with Gasteiger partial charge in [0.15, 0.2) is 0 Å². The molecular weight excluding hydrogens is 629 g/mol. The molecule has 0 saturated heterocycles. The predicted molar refractivity (Wildman–Crippen MR) is 152 cm³/mol. The SMILES string of the molecule is Cc1c[c-]c(-c2nc(-c3c(C)cccc3C)cn2-c2c(C)cccc2C)cc1-c1c(C)cccc1C.[Ir]. The van der Waals surface area contributed by atoms with Crippen LogP contribution in [0.25, 0.3) is 39.5 Å². The molecule has 0 aliphatic heterocycles. The average Bonchev–Trinajstić information content (AvgIpc) is 3.24. The van der Waals surface area contributed by atoms with Gasteiger partial charge >= 0.3 is 0 Å². The maximum Gasteiger partial charge on any atom is 0.0777 e. The molecule has 189 valence electrons. The van der Waals surface area contributed by atoms with Crippen molar-refractivity contribution in [3.05, 3.63) is 118 Å². The summed E-state index contributed by atoms with van der Waals surface area (Å²) in [6.07, 6.45) is 2.20. The van der Waals surface area contributed by atoms with Gasteiger partial charge in [0.25, 0.3) is 0 Å². The molecule has 1 aromatic heterocycles. The monoisotopic (exact) mass is 662 g/mol. The molecule has 2 nitrogen and oxygen atoms in total. The molecule has 0 atom stereocenters. The number of imidazole rings is 1. The number of rotatable bonds is 4. The average molecular weight is 662 g/mol. The first-order chi connectivity index (χ1) is 17.3. The molecule has 0 amide bonds. The molecule has 5 rings (SSSR count). The Labute approximate surface area is 234 Å². The Morgan fingerprint density at radius 2 is 1.11 bits per heavy atom. The number of aryl methyl sites for hydroxylation is 7. The molecule has 0 aliphatic carbocycles. The number of benzene rings is 4. The Morgan fingerprint density at radius 1 is 0.622 bits per heavy atom. The Hall–Kier alpha value is -3.26. The van der Waals surface area contributed by atoms with E-state index in [9.17, 15) is 0 Å². The molecule has 0 unspecified atom stereocenters. The van der Waals surface area contributed by atoms with E-state index < -0.39 is 0 Å². The Morgan fingerprint density at radius 3 is 1.65 bits per heavy atom. The zero-order valence-electron chi connectivity index (χ0n) is 22.7. The molecule has 0 aliphatic rings.